The van der Waals surface area contributed by atoms with Gasteiger partial charge in [0.25, 0.3) is 5.91 Å². The molecule has 1 atom stereocenters. The van der Waals surface area contributed by atoms with Crippen molar-refractivity contribution in [2.75, 3.05) is 6.54 Å². The van der Waals surface area contributed by atoms with Gasteiger partial charge in [0.1, 0.15) is 5.69 Å². The average Bonchev–Trinajstić information content (AvgIpc) is 3.46. The number of aliphatic imine (C=N–C) groups is 1. The van der Waals surface area contributed by atoms with Crippen molar-refractivity contribution in [3.63, 3.8) is 0 Å². The summed E-state index contributed by atoms with van der Waals surface area (Å²) in [5.41, 5.74) is 3.31. The molecule has 5 rings (SSSR count). The summed E-state index contributed by atoms with van der Waals surface area (Å²) in [6.45, 7) is 2.60. The van der Waals surface area contributed by atoms with Crippen LogP contribution in [0.2, 0.25) is 10.0 Å². The van der Waals surface area contributed by atoms with Crippen molar-refractivity contribution in [1.82, 2.24) is 19.7 Å². The number of rotatable bonds is 4. The minimum absolute atomic E-state index is 0.170. The van der Waals surface area contributed by atoms with Gasteiger partial charge in [-0.25, -0.2) is 9.67 Å². The Kier molecular flexibility index (Phi) is 6.41. The summed E-state index contributed by atoms with van der Waals surface area (Å²) in [5.74, 6) is -0.170. The van der Waals surface area contributed by atoms with Gasteiger partial charge >= 0.3 is 0 Å². The molecule has 0 bridgehead atoms. The van der Waals surface area contributed by atoms with Crippen LogP contribution in [0.3, 0.4) is 0 Å². The monoisotopic (exact) mass is 507 g/mol. The number of hydrogen-bond acceptors (Lipinski definition) is 5. The highest BCUT2D eigenvalue weighted by Gasteiger charge is 2.34. The Balaban J connectivity index is 1.57. The summed E-state index contributed by atoms with van der Waals surface area (Å²) in [5, 5.41) is 6.42. The van der Waals surface area contributed by atoms with Gasteiger partial charge in [-0.1, -0.05) is 60.1 Å². The smallest absolute Gasteiger partial charge is 0.263 e. The molecule has 170 valence electrons. The van der Waals surface area contributed by atoms with Crippen LogP contribution in [0.15, 0.2) is 84.2 Å². The number of hydrogen-bond donors (Lipinski definition) is 0. The summed E-state index contributed by atoms with van der Waals surface area (Å²) in [6, 6.07) is 18.6. The van der Waals surface area contributed by atoms with Gasteiger partial charge in [-0.2, -0.15) is 5.10 Å². The maximum atomic E-state index is 13.9. The van der Waals surface area contributed by atoms with Crippen molar-refractivity contribution >= 4 is 51.7 Å². The lowest BCUT2D eigenvalue weighted by Crippen LogP contribution is -2.32. The molecule has 0 saturated carbocycles. The van der Waals surface area contributed by atoms with Gasteiger partial charge in [0.15, 0.2) is 5.17 Å². The fraction of sp³-hybridized carbons (Fsp3) is 0.120. The number of nitrogens with zero attached hydrogens (tertiary/aromatic N) is 5. The van der Waals surface area contributed by atoms with Crippen LogP contribution in [0.4, 0.5) is 5.69 Å². The van der Waals surface area contributed by atoms with Crippen molar-refractivity contribution in [2.45, 2.75) is 12.2 Å². The fourth-order valence-electron chi connectivity index (χ4n) is 3.64. The number of para-hydroxylation sites is 1. The van der Waals surface area contributed by atoms with Crippen LogP contribution >= 0.6 is 35.0 Å². The van der Waals surface area contributed by atoms with Crippen molar-refractivity contribution in [3.05, 3.63) is 94.9 Å². The maximum absolute atomic E-state index is 13.9. The first-order valence-corrected chi connectivity index (χ1v) is 12.2. The van der Waals surface area contributed by atoms with E-state index in [-0.39, 0.29) is 11.2 Å². The van der Waals surface area contributed by atoms with Gasteiger partial charge in [0.05, 0.1) is 27.0 Å². The van der Waals surface area contributed by atoms with E-state index in [2.05, 4.69) is 11.9 Å². The lowest BCUT2D eigenvalue weighted by Gasteiger charge is -2.16. The van der Waals surface area contributed by atoms with E-state index < -0.39 is 0 Å². The van der Waals surface area contributed by atoms with Crippen LogP contribution < -0.4 is 0 Å². The molecule has 6 nitrogen and oxygen atoms in total. The molecule has 0 spiro atoms. The molecule has 9 heteroatoms. The highest BCUT2D eigenvalue weighted by atomic mass is 35.5. The first kappa shape index (κ1) is 22.7. The summed E-state index contributed by atoms with van der Waals surface area (Å²) < 4.78 is 1.72. The molecule has 4 aromatic rings. The first-order chi connectivity index (χ1) is 16.5. The minimum Gasteiger partial charge on any atom is -0.286 e. The third-order valence-electron chi connectivity index (χ3n) is 5.25. The van der Waals surface area contributed by atoms with Crippen molar-refractivity contribution in [3.8, 4) is 16.9 Å². The van der Waals surface area contributed by atoms with Crippen molar-refractivity contribution in [1.29, 1.82) is 0 Å². The van der Waals surface area contributed by atoms with E-state index in [1.807, 2.05) is 42.5 Å². The Labute approximate surface area is 211 Å². The highest BCUT2D eigenvalue weighted by molar-refractivity contribution is 8.14. The van der Waals surface area contributed by atoms with E-state index in [0.717, 1.165) is 11.3 Å². The molecule has 0 radical (unpaired) electrons. The quantitative estimate of drug-likeness (QED) is 0.316. The lowest BCUT2D eigenvalue weighted by atomic mass is 10.1. The summed E-state index contributed by atoms with van der Waals surface area (Å²) >= 11 is 13.8. The van der Waals surface area contributed by atoms with Crippen molar-refractivity contribution < 1.29 is 4.79 Å². The van der Waals surface area contributed by atoms with Gasteiger partial charge in [-0.15, -0.1) is 0 Å². The molecule has 1 saturated heterocycles. The average molecular weight is 508 g/mol. The first-order valence-electron chi connectivity index (χ1n) is 10.6. The molecule has 1 unspecified atom stereocenters. The number of carbonyl (C=O) groups is 1. The van der Waals surface area contributed by atoms with Crippen LogP contribution in [-0.4, -0.2) is 42.5 Å². The number of thioether (sulfide) groups is 1. The predicted octanol–water partition coefficient (Wildman–Crippen LogP) is 6.51. The second-order valence-corrected chi connectivity index (χ2v) is 9.97. The number of benzene rings is 2. The molecule has 2 aromatic heterocycles. The molecular formula is C25H19Cl2N5OS. The molecule has 2 aromatic carbocycles. The lowest BCUT2D eigenvalue weighted by molar-refractivity contribution is 0.0856. The topological polar surface area (TPSA) is 63.4 Å². The van der Waals surface area contributed by atoms with Crippen LogP contribution in [-0.2, 0) is 0 Å². The van der Waals surface area contributed by atoms with E-state index in [4.69, 9.17) is 33.3 Å². The van der Waals surface area contributed by atoms with Crippen molar-refractivity contribution in [2.24, 2.45) is 4.99 Å². The zero-order valence-corrected chi connectivity index (χ0v) is 20.4. The fourth-order valence-corrected chi connectivity index (χ4v) is 4.96. The number of aromatic nitrogens is 3. The van der Waals surface area contributed by atoms with Gasteiger partial charge in [0, 0.05) is 35.9 Å². The number of halogens is 2. The predicted molar refractivity (Wildman–Crippen MR) is 138 cm³/mol. The molecule has 0 N–H and O–H groups in total. The Morgan fingerprint density at radius 3 is 2.65 bits per heavy atom. The second-order valence-electron chi connectivity index (χ2n) is 7.75. The summed E-state index contributed by atoms with van der Waals surface area (Å²) in [4.78, 5) is 24.5. The molecule has 1 aliphatic heterocycles. The SMILES string of the molecule is CC1CN(C(=O)c2cn(-c3ccccc3)nc2-c2cccnc2)C(=Nc2ccc(Cl)c(Cl)c2)S1. The Hall–Kier alpha value is -3.13. The van der Waals surface area contributed by atoms with Crippen LogP contribution in [0.1, 0.15) is 17.3 Å². The third-order valence-corrected chi connectivity index (χ3v) is 7.06. The van der Waals surface area contributed by atoms with E-state index in [9.17, 15) is 4.79 Å². The molecule has 1 amide bonds. The number of carbonyl (C=O) groups excluding carboxylic acids is 1. The molecule has 3 heterocycles. The Morgan fingerprint density at radius 2 is 1.91 bits per heavy atom. The summed E-state index contributed by atoms with van der Waals surface area (Å²) in [7, 11) is 0. The normalized spacial score (nSPS) is 16.9. The van der Waals surface area contributed by atoms with E-state index in [1.165, 1.54) is 0 Å². The Morgan fingerprint density at radius 1 is 1.09 bits per heavy atom. The van der Waals surface area contributed by atoms with Gasteiger partial charge in [0.2, 0.25) is 0 Å². The molecular weight excluding hydrogens is 489 g/mol. The van der Waals surface area contributed by atoms with E-state index in [1.54, 1.807) is 58.1 Å². The number of amidine groups is 1. The van der Waals surface area contributed by atoms with Crippen LogP contribution in [0.25, 0.3) is 16.9 Å². The zero-order chi connectivity index (χ0) is 23.7. The molecule has 34 heavy (non-hydrogen) atoms. The highest BCUT2D eigenvalue weighted by Crippen LogP contribution is 2.33. The number of amides is 1. The Bertz CT molecular complexity index is 1370. The van der Waals surface area contributed by atoms with Gasteiger partial charge < -0.3 is 0 Å². The van der Waals surface area contributed by atoms with Gasteiger partial charge in [-0.05, 0) is 42.5 Å². The number of pyridine rings is 1. The molecule has 0 aliphatic carbocycles. The standard InChI is InChI=1S/C25H19Cl2N5OS/c1-16-14-31(25(34-16)29-18-9-10-21(26)22(27)12-18)24(33)20-15-32(19-7-3-2-4-8-19)30-23(20)17-6-5-11-28-13-17/h2-13,15-16H,14H2,1H3. The maximum Gasteiger partial charge on any atom is 0.263 e. The minimum atomic E-state index is -0.170. The van der Waals surface area contributed by atoms with Gasteiger partial charge in [-0.3, -0.25) is 14.7 Å². The second kappa shape index (κ2) is 9.62. The van der Waals surface area contributed by atoms with Crippen LogP contribution in [0, 0.1) is 0 Å². The largest absolute Gasteiger partial charge is 0.286 e. The molecule has 1 fully saturated rings. The van der Waals surface area contributed by atoms with Crippen LogP contribution in [0.5, 0.6) is 0 Å². The van der Waals surface area contributed by atoms with E-state index >= 15 is 0 Å². The third kappa shape index (κ3) is 4.59. The summed E-state index contributed by atoms with van der Waals surface area (Å²) in [6.07, 6.45) is 5.17. The van der Waals surface area contributed by atoms with E-state index in [0.29, 0.717) is 38.7 Å². The molecule has 1 aliphatic rings. The zero-order valence-electron chi connectivity index (χ0n) is 18.1.